The van der Waals surface area contributed by atoms with Crippen LogP contribution in [0.5, 0.6) is 0 Å². The summed E-state index contributed by atoms with van der Waals surface area (Å²) in [6.07, 6.45) is 4.29. The van der Waals surface area contributed by atoms with Crippen LogP contribution in [0.2, 0.25) is 0 Å². The Balaban J connectivity index is 2.70. The van der Waals surface area contributed by atoms with E-state index in [1.54, 1.807) is 25.1 Å². The number of carbonyl (C=O) groups is 1. The highest BCUT2D eigenvalue weighted by molar-refractivity contribution is 5.98. The molecule has 13 heavy (non-hydrogen) atoms. The van der Waals surface area contributed by atoms with E-state index in [-0.39, 0.29) is 5.91 Å². The Morgan fingerprint density at radius 1 is 1.54 bits per heavy atom. The fourth-order valence-electron chi connectivity index (χ4n) is 0.660. The van der Waals surface area contributed by atoms with Gasteiger partial charge >= 0.3 is 0 Å². The van der Waals surface area contributed by atoms with Crippen LogP contribution in [0.3, 0.4) is 0 Å². The molecule has 0 saturated carbocycles. The molecule has 0 saturated heterocycles. The molecule has 5 nitrogen and oxygen atoms in total. The van der Waals surface area contributed by atoms with Gasteiger partial charge in [0.15, 0.2) is 0 Å². The number of hydrogen-bond acceptors (Lipinski definition) is 3. The minimum Gasteiger partial charge on any atom is -0.369 e. The maximum Gasteiger partial charge on any atom is 0.280 e. The number of rotatable bonds is 2. The third kappa shape index (κ3) is 2.98. The molecule has 68 valence electrons. The van der Waals surface area contributed by atoms with Gasteiger partial charge in [-0.05, 0) is 6.07 Å². The minimum atomic E-state index is -0.316. The largest absolute Gasteiger partial charge is 0.369 e. The molecule has 0 atom stereocenters. The average molecular weight is 178 g/mol. The number of nitrogens with zero attached hydrogens (tertiary/aromatic N) is 4. The van der Waals surface area contributed by atoms with E-state index >= 15 is 0 Å². The van der Waals surface area contributed by atoms with Gasteiger partial charge in [0.1, 0.15) is 0 Å². The molecule has 0 radical (unpaired) electrons. The highest BCUT2D eigenvalue weighted by atomic mass is 16.1. The lowest BCUT2D eigenvalue weighted by Gasteiger charge is -2.00. The zero-order valence-electron chi connectivity index (χ0n) is 7.51. The van der Waals surface area contributed by atoms with E-state index in [0.717, 1.165) is 0 Å². The fraction of sp³-hybridized carbons (Fsp3) is 0.250. The van der Waals surface area contributed by atoms with Crippen LogP contribution in [-0.2, 0) is 0 Å². The van der Waals surface area contributed by atoms with Crippen LogP contribution < -0.4 is 0 Å². The van der Waals surface area contributed by atoms with Gasteiger partial charge in [-0.15, -0.1) is 0 Å². The molecule has 5 heteroatoms. The summed E-state index contributed by atoms with van der Waals surface area (Å²) in [6.45, 7) is 0. The molecule has 0 spiro atoms. The van der Waals surface area contributed by atoms with E-state index in [1.165, 1.54) is 18.7 Å². The summed E-state index contributed by atoms with van der Waals surface area (Å²) in [5, 5.41) is 7.13. The van der Waals surface area contributed by atoms with Crippen molar-refractivity contribution in [3.63, 3.8) is 0 Å². The van der Waals surface area contributed by atoms with Gasteiger partial charge in [-0.25, -0.2) is 0 Å². The van der Waals surface area contributed by atoms with Crippen molar-refractivity contribution in [3.05, 3.63) is 24.0 Å². The summed E-state index contributed by atoms with van der Waals surface area (Å²) in [5.74, 6) is -0.316. The van der Waals surface area contributed by atoms with Crippen LogP contribution >= 0.6 is 0 Å². The zero-order chi connectivity index (χ0) is 9.68. The van der Waals surface area contributed by atoms with Crippen LogP contribution in [0.1, 0.15) is 10.4 Å². The first-order valence-electron chi connectivity index (χ1n) is 3.72. The number of amides is 1. The maximum atomic E-state index is 11.3. The quantitative estimate of drug-likeness (QED) is 0.479. The van der Waals surface area contributed by atoms with Crippen molar-refractivity contribution in [2.24, 2.45) is 4.99 Å². The fourth-order valence-corrected chi connectivity index (χ4v) is 0.660. The lowest BCUT2D eigenvalue weighted by molar-refractivity contribution is 0.100. The topological polar surface area (TPSA) is 58.5 Å². The normalized spacial score (nSPS) is 10.3. The van der Waals surface area contributed by atoms with Gasteiger partial charge in [-0.1, -0.05) is 0 Å². The van der Waals surface area contributed by atoms with Crippen molar-refractivity contribution in [2.75, 3.05) is 14.1 Å². The van der Waals surface area contributed by atoms with Gasteiger partial charge < -0.3 is 4.90 Å². The Bertz CT molecular complexity index is 307. The third-order valence-electron chi connectivity index (χ3n) is 1.24. The lowest BCUT2D eigenvalue weighted by Crippen LogP contribution is -2.09. The van der Waals surface area contributed by atoms with Gasteiger partial charge in [-0.2, -0.15) is 15.2 Å². The Kier molecular flexibility index (Phi) is 3.08. The first-order chi connectivity index (χ1) is 6.20. The predicted molar refractivity (Wildman–Crippen MR) is 48.5 cm³/mol. The second-order valence-corrected chi connectivity index (χ2v) is 2.64. The molecule has 0 aliphatic rings. The van der Waals surface area contributed by atoms with E-state index in [9.17, 15) is 4.79 Å². The third-order valence-corrected chi connectivity index (χ3v) is 1.24. The number of aliphatic imine (C=N–C) groups is 1. The number of aromatic nitrogens is 2. The Morgan fingerprint density at radius 2 is 2.31 bits per heavy atom. The van der Waals surface area contributed by atoms with Crippen molar-refractivity contribution < 1.29 is 4.79 Å². The lowest BCUT2D eigenvalue weighted by atomic mass is 10.3. The average Bonchev–Trinajstić information content (AvgIpc) is 2.15. The van der Waals surface area contributed by atoms with E-state index in [1.807, 2.05) is 0 Å². The number of hydrogen-bond donors (Lipinski definition) is 0. The molecular formula is C8H10N4O. The molecule has 0 aliphatic heterocycles. The molecule has 1 aromatic heterocycles. The molecule has 0 bridgehead atoms. The molecule has 0 aliphatic carbocycles. The summed E-state index contributed by atoms with van der Waals surface area (Å²) in [6, 6.07) is 1.57. The summed E-state index contributed by atoms with van der Waals surface area (Å²) in [7, 11) is 3.59. The van der Waals surface area contributed by atoms with E-state index in [2.05, 4.69) is 15.2 Å². The minimum absolute atomic E-state index is 0.316. The van der Waals surface area contributed by atoms with Gasteiger partial charge in [0.25, 0.3) is 5.91 Å². The molecule has 1 amide bonds. The number of carbonyl (C=O) groups excluding carboxylic acids is 1. The maximum absolute atomic E-state index is 11.3. The van der Waals surface area contributed by atoms with Crippen molar-refractivity contribution in [1.82, 2.24) is 15.1 Å². The zero-order valence-corrected chi connectivity index (χ0v) is 7.51. The standard InChI is InChI=1S/C8H10N4O/c1-12(2)6-9-8(13)7-3-4-10-11-5-7/h3-6H,1-2H3/b9-6+. The molecule has 1 rings (SSSR count). The van der Waals surface area contributed by atoms with Crippen LogP contribution in [0.4, 0.5) is 0 Å². The first-order valence-corrected chi connectivity index (χ1v) is 3.72. The summed E-state index contributed by atoms with van der Waals surface area (Å²) < 4.78 is 0. The molecule has 0 aromatic carbocycles. The van der Waals surface area contributed by atoms with E-state index < -0.39 is 0 Å². The Labute approximate surface area is 76.1 Å². The molecule has 0 N–H and O–H groups in total. The Morgan fingerprint density at radius 3 is 2.85 bits per heavy atom. The second kappa shape index (κ2) is 4.30. The van der Waals surface area contributed by atoms with E-state index in [0.29, 0.717) is 5.56 Å². The first kappa shape index (κ1) is 9.31. The van der Waals surface area contributed by atoms with Crippen molar-refractivity contribution >= 4 is 12.2 Å². The van der Waals surface area contributed by atoms with Crippen molar-refractivity contribution in [2.45, 2.75) is 0 Å². The predicted octanol–water partition coefficient (Wildman–Crippen LogP) is 0.207. The molecule has 0 unspecified atom stereocenters. The molecular weight excluding hydrogens is 168 g/mol. The summed E-state index contributed by atoms with van der Waals surface area (Å²) >= 11 is 0. The monoisotopic (exact) mass is 178 g/mol. The molecule has 0 fully saturated rings. The Hall–Kier alpha value is -1.78. The van der Waals surface area contributed by atoms with Gasteiger partial charge in [0.2, 0.25) is 0 Å². The van der Waals surface area contributed by atoms with Crippen molar-refractivity contribution in [1.29, 1.82) is 0 Å². The highest BCUT2D eigenvalue weighted by Crippen LogP contribution is 1.95. The van der Waals surface area contributed by atoms with Crippen molar-refractivity contribution in [3.8, 4) is 0 Å². The summed E-state index contributed by atoms with van der Waals surface area (Å²) in [5.41, 5.74) is 0.438. The highest BCUT2D eigenvalue weighted by Gasteiger charge is 2.01. The van der Waals surface area contributed by atoms with Crippen LogP contribution in [-0.4, -0.2) is 41.4 Å². The van der Waals surface area contributed by atoms with E-state index in [4.69, 9.17) is 0 Å². The second-order valence-electron chi connectivity index (χ2n) is 2.64. The summed E-state index contributed by atoms with van der Waals surface area (Å²) in [4.78, 5) is 16.6. The van der Waals surface area contributed by atoms with Gasteiger partial charge in [0.05, 0.1) is 24.3 Å². The molecule has 1 heterocycles. The van der Waals surface area contributed by atoms with Crippen LogP contribution in [0, 0.1) is 0 Å². The smallest absolute Gasteiger partial charge is 0.280 e. The van der Waals surface area contributed by atoms with Crippen LogP contribution in [0.15, 0.2) is 23.5 Å². The van der Waals surface area contributed by atoms with Gasteiger partial charge in [0, 0.05) is 14.1 Å². The molecule has 1 aromatic rings. The van der Waals surface area contributed by atoms with Crippen LogP contribution in [0.25, 0.3) is 0 Å². The van der Waals surface area contributed by atoms with Gasteiger partial charge in [-0.3, -0.25) is 4.79 Å². The SMILES string of the molecule is CN(C)/C=N/C(=O)c1ccnnc1.